The summed E-state index contributed by atoms with van der Waals surface area (Å²) in [6.45, 7) is 4.94. The van der Waals surface area contributed by atoms with Gasteiger partial charge in [-0.1, -0.05) is 6.92 Å². The van der Waals surface area contributed by atoms with Crippen molar-refractivity contribution >= 4 is 11.9 Å². The number of amides is 1. The number of aromatic nitrogens is 3. The quantitative estimate of drug-likeness (QED) is 0.579. The van der Waals surface area contributed by atoms with E-state index in [0.29, 0.717) is 25.9 Å². The maximum absolute atomic E-state index is 12.8. The summed E-state index contributed by atoms with van der Waals surface area (Å²) in [5.74, 6) is -0.545. The Morgan fingerprint density at radius 1 is 1.38 bits per heavy atom. The summed E-state index contributed by atoms with van der Waals surface area (Å²) in [5.41, 5.74) is 2.70. The Hall–Kier alpha value is -2.68. The number of hydrogen-bond acceptors (Lipinski definition) is 7. The van der Waals surface area contributed by atoms with Crippen LogP contribution in [-0.2, 0) is 28.9 Å². The maximum atomic E-state index is 12.8. The molecule has 156 valence electrons. The van der Waals surface area contributed by atoms with Gasteiger partial charge in [-0.05, 0) is 31.1 Å². The molecular formula is C20H26N4O5. The Morgan fingerprint density at radius 3 is 2.93 bits per heavy atom. The molecule has 1 spiro atoms. The number of ether oxygens (including phenoxy) is 2. The van der Waals surface area contributed by atoms with Crippen LogP contribution in [0, 0.1) is 5.41 Å². The van der Waals surface area contributed by atoms with Crippen molar-refractivity contribution in [2.24, 2.45) is 5.41 Å². The van der Waals surface area contributed by atoms with Gasteiger partial charge in [-0.2, -0.15) is 5.10 Å². The standard InChI is InChI=1S/C20H26N4O5/c1-2-14-17-16(10-20(12-21-18(17)25)4-8-27-9-5-20)24(23-14)6-3-7-29-19(26)15-11-28-13-22-15/h11,13H,2-10,12H2,1H3,(H,21,25). The molecule has 1 fully saturated rings. The zero-order valence-corrected chi connectivity index (χ0v) is 16.6. The van der Waals surface area contributed by atoms with Gasteiger partial charge < -0.3 is 19.2 Å². The highest BCUT2D eigenvalue weighted by atomic mass is 16.5. The first-order valence-corrected chi connectivity index (χ1v) is 10.1. The van der Waals surface area contributed by atoms with E-state index in [1.807, 2.05) is 11.6 Å². The SMILES string of the molecule is CCc1nn(CCCOC(=O)c2cocn2)c2c1C(=O)NCC1(CCOCC1)C2. The minimum atomic E-state index is -0.507. The average Bonchev–Trinajstić information content (AvgIpc) is 3.36. The minimum Gasteiger partial charge on any atom is -0.461 e. The molecule has 0 atom stereocenters. The van der Waals surface area contributed by atoms with Crippen molar-refractivity contribution < 1.29 is 23.5 Å². The topological polar surface area (TPSA) is 108 Å². The van der Waals surface area contributed by atoms with E-state index in [4.69, 9.17) is 19.0 Å². The zero-order valence-electron chi connectivity index (χ0n) is 16.6. The fourth-order valence-electron chi connectivity index (χ4n) is 4.12. The second-order valence-corrected chi connectivity index (χ2v) is 7.68. The number of nitrogens with one attached hydrogen (secondary N) is 1. The van der Waals surface area contributed by atoms with E-state index in [-0.39, 0.29) is 23.6 Å². The van der Waals surface area contributed by atoms with Crippen LogP contribution in [0.5, 0.6) is 0 Å². The van der Waals surface area contributed by atoms with Gasteiger partial charge in [0.05, 0.1) is 23.6 Å². The number of carbonyl (C=O) groups is 2. The highest BCUT2D eigenvalue weighted by Crippen LogP contribution is 2.37. The minimum absolute atomic E-state index is 0.0153. The lowest BCUT2D eigenvalue weighted by Gasteiger charge is -2.36. The monoisotopic (exact) mass is 402 g/mol. The number of oxazole rings is 1. The summed E-state index contributed by atoms with van der Waals surface area (Å²) in [6, 6.07) is 0. The van der Waals surface area contributed by atoms with Crippen molar-refractivity contribution in [1.29, 1.82) is 0 Å². The molecule has 2 aliphatic rings. The molecule has 2 aliphatic heterocycles. The van der Waals surface area contributed by atoms with Gasteiger partial charge in [0, 0.05) is 32.7 Å². The van der Waals surface area contributed by atoms with Crippen LogP contribution in [0.25, 0.3) is 0 Å². The van der Waals surface area contributed by atoms with E-state index in [0.717, 1.165) is 49.4 Å². The lowest BCUT2D eigenvalue weighted by atomic mass is 9.76. The molecule has 9 nitrogen and oxygen atoms in total. The van der Waals surface area contributed by atoms with E-state index in [1.54, 1.807) is 0 Å². The van der Waals surface area contributed by atoms with Crippen molar-refractivity contribution in [2.75, 3.05) is 26.4 Å². The molecule has 0 saturated carbocycles. The highest BCUT2D eigenvalue weighted by Gasteiger charge is 2.39. The number of rotatable bonds is 6. The third-order valence-electron chi connectivity index (χ3n) is 5.80. The summed E-state index contributed by atoms with van der Waals surface area (Å²) in [5, 5.41) is 7.82. The maximum Gasteiger partial charge on any atom is 0.360 e. The van der Waals surface area contributed by atoms with Crippen LogP contribution >= 0.6 is 0 Å². The Bertz CT molecular complexity index is 868. The van der Waals surface area contributed by atoms with E-state index in [9.17, 15) is 9.59 Å². The van der Waals surface area contributed by atoms with E-state index >= 15 is 0 Å². The lowest BCUT2D eigenvalue weighted by molar-refractivity contribution is 0.0152. The summed E-state index contributed by atoms with van der Waals surface area (Å²) in [4.78, 5) is 28.4. The van der Waals surface area contributed by atoms with Crippen molar-refractivity contribution in [3.05, 3.63) is 35.3 Å². The molecule has 1 saturated heterocycles. The fourth-order valence-corrected chi connectivity index (χ4v) is 4.12. The largest absolute Gasteiger partial charge is 0.461 e. The van der Waals surface area contributed by atoms with Gasteiger partial charge in [0.2, 0.25) is 0 Å². The first-order valence-electron chi connectivity index (χ1n) is 10.1. The highest BCUT2D eigenvalue weighted by molar-refractivity contribution is 5.97. The summed E-state index contributed by atoms with van der Waals surface area (Å²) in [6.07, 6.45) is 6.40. The number of esters is 1. The van der Waals surface area contributed by atoms with Gasteiger partial charge in [0.1, 0.15) is 6.26 Å². The van der Waals surface area contributed by atoms with Crippen molar-refractivity contribution in [1.82, 2.24) is 20.1 Å². The molecule has 2 aromatic heterocycles. The van der Waals surface area contributed by atoms with E-state index in [2.05, 4.69) is 10.3 Å². The number of aryl methyl sites for hydroxylation is 2. The van der Waals surface area contributed by atoms with Crippen molar-refractivity contribution in [3.8, 4) is 0 Å². The Kier molecular flexibility index (Phi) is 5.66. The molecule has 0 aromatic carbocycles. The van der Waals surface area contributed by atoms with Gasteiger partial charge in [0.15, 0.2) is 12.1 Å². The van der Waals surface area contributed by atoms with Gasteiger partial charge in [0.25, 0.3) is 5.91 Å². The lowest BCUT2D eigenvalue weighted by Crippen LogP contribution is -2.40. The van der Waals surface area contributed by atoms with Gasteiger partial charge in [-0.25, -0.2) is 9.78 Å². The smallest absolute Gasteiger partial charge is 0.360 e. The average molecular weight is 402 g/mol. The molecule has 1 N–H and O–H groups in total. The van der Waals surface area contributed by atoms with Gasteiger partial charge in [-0.3, -0.25) is 9.48 Å². The zero-order chi connectivity index (χ0) is 20.3. The number of carbonyl (C=O) groups excluding carboxylic acids is 2. The van der Waals surface area contributed by atoms with Crippen LogP contribution in [0.1, 0.15) is 58.4 Å². The summed E-state index contributed by atoms with van der Waals surface area (Å²) < 4.78 is 17.5. The second kappa shape index (κ2) is 8.36. The second-order valence-electron chi connectivity index (χ2n) is 7.68. The molecular weight excluding hydrogens is 376 g/mol. The summed E-state index contributed by atoms with van der Waals surface area (Å²) >= 11 is 0. The van der Waals surface area contributed by atoms with Crippen LogP contribution in [0.3, 0.4) is 0 Å². The van der Waals surface area contributed by atoms with Crippen LogP contribution < -0.4 is 5.32 Å². The van der Waals surface area contributed by atoms with E-state index in [1.165, 1.54) is 12.7 Å². The molecule has 29 heavy (non-hydrogen) atoms. The van der Waals surface area contributed by atoms with Gasteiger partial charge in [-0.15, -0.1) is 0 Å². The molecule has 0 unspecified atom stereocenters. The third-order valence-corrected chi connectivity index (χ3v) is 5.80. The molecule has 4 heterocycles. The molecule has 9 heteroatoms. The first-order chi connectivity index (χ1) is 14.1. The first kappa shape index (κ1) is 19.6. The Balaban J connectivity index is 1.47. The number of fused-ring (bicyclic) bond motifs is 1. The fraction of sp³-hybridized carbons (Fsp3) is 0.600. The number of hydrogen-bond donors (Lipinski definition) is 1. The van der Waals surface area contributed by atoms with Gasteiger partial charge >= 0.3 is 5.97 Å². The van der Waals surface area contributed by atoms with Crippen molar-refractivity contribution in [3.63, 3.8) is 0 Å². The van der Waals surface area contributed by atoms with Crippen LogP contribution in [0.4, 0.5) is 0 Å². The van der Waals surface area contributed by atoms with Crippen LogP contribution in [0.15, 0.2) is 17.1 Å². The molecule has 0 aliphatic carbocycles. The van der Waals surface area contributed by atoms with Crippen molar-refractivity contribution in [2.45, 2.75) is 45.6 Å². The number of nitrogens with zero attached hydrogens (tertiary/aromatic N) is 3. The molecule has 0 radical (unpaired) electrons. The Labute approximate surface area is 168 Å². The molecule has 0 bridgehead atoms. The predicted molar refractivity (Wildman–Crippen MR) is 102 cm³/mol. The predicted octanol–water partition coefficient (Wildman–Crippen LogP) is 1.76. The summed E-state index contributed by atoms with van der Waals surface area (Å²) in [7, 11) is 0. The molecule has 1 amide bonds. The van der Waals surface area contributed by atoms with Crippen LogP contribution in [0.2, 0.25) is 0 Å². The normalized spacial score (nSPS) is 18.2. The molecule has 4 rings (SSSR count). The van der Waals surface area contributed by atoms with Crippen LogP contribution in [-0.4, -0.2) is 53.0 Å². The van der Waals surface area contributed by atoms with E-state index < -0.39 is 5.97 Å². The molecule has 2 aromatic rings. The Morgan fingerprint density at radius 2 is 2.21 bits per heavy atom. The third kappa shape index (κ3) is 4.05.